The van der Waals surface area contributed by atoms with Gasteiger partial charge in [-0.1, -0.05) is 74.5 Å². The average Bonchev–Trinajstić information content (AvgIpc) is 3.18. The van der Waals surface area contributed by atoms with Crippen LogP contribution < -0.4 is 0 Å². The highest BCUT2D eigenvalue weighted by Gasteiger charge is 2.28. The Labute approximate surface area is 180 Å². The van der Waals surface area contributed by atoms with Crippen LogP contribution in [0.1, 0.15) is 37.6 Å². The molecular weight excluding hydrogens is 392 g/mol. The van der Waals surface area contributed by atoms with E-state index in [-0.39, 0.29) is 12.0 Å². The van der Waals surface area contributed by atoms with E-state index in [1.165, 1.54) is 11.0 Å². The molecule has 1 unspecified atom stereocenters. The molecule has 30 heavy (non-hydrogen) atoms. The molecule has 1 aromatic heterocycles. The van der Waals surface area contributed by atoms with Crippen LogP contribution in [0, 0.1) is 5.92 Å². The van der Waals surface area contributed by atoms with Crippen LogP contribution in [-0.4, -0.2) is 23.3 Å². The van der Waals surface area contributed by atoms with Gasteiger partial charge < -0.3 is 4.57 Å². The van der Waals surface area contributed by atoms with E-state index in [4.69, 9.17) is 0 Å². The highest BCUT2D eigenvalue weighted by atomic mass is 32.2. The Morgan fingerprint density at radius 3 is 2.17 bits per heavy atom. The molecule has 0 N–H and O–H groups in total. The van der Waals surface area contributed by atoms with E-state index in [1.54, 1.807) is 10.4 Å². The Kier molecular flexibility index (Phi) is 7.29. The summed E-state index contributed by atoms with van der Waals surface area (Å²) in [5, 5.41) is 1.33. The molecule has 0 aliphatic heterocycles. The van der Waals surface area contributed by atoms with Crippen molar-refractivity contribution >= 4 is 16.1 Å². The van der Waals surface area contributed by atoms with Gasteiger partial charge in [0.05, 0.1) is 6.54 Å². The maximum atomic E-state index is 13.3. The number of rotatable bonds is 9. The van der Waals surface area contributed by atoms with Crippen molar-refractivity contribution in [2.24, 2.45) is 5.92 Å². The van der Waals surface area contributed by atoms with Gasteiger partial charge in [0.15, 0.2) is 0 Å². The van der Waals surface area contributed by atoms with Gasteiger partial charge in [-0.3, -0.25) is 0 Å². The molecule has 0 bridgehead atoms. The largest absolute Gasteiger partial charge is 0.346 e. The molecule has 0 amide bonds. The number of hydrogen-bond acceptors (Lipinski definition) is 2. The summed E-state index contributed by atoms with van der Waals surface area (Å²) in [6, 6.07) is 23.6. The van der Waals surface area contributed by atoms with Crippen LogP contribution in [0.25, 0.3) is 6.08 Å². The number of nitrogens with zero attached hydrogens (tertiary/aromatic N) is 2. The summed E-state index contributed by atoms with van der Waals surface area (Å²) in [4.78, 5) is 0. The van der Waals surface area contributed by atoms with E-state index in [1.807, 2.05) is 73.8 Å². The monoisotopic (exact) mass is 422 g/mol. The maximum Gasteiger partial charge on any atom is 0.236 e. The number of sulfonamides is 1. The van der Waals surface area contributed by atoms with Crippen molar-refractivity contribution in [3.8, 4) is 0 Å². The van der Waals surface area contributed by atoms with E-state index in [9.17, 15) is 8.42 Å². The first kappa shape index (κ1) is 22.1. The molecule has 0 spiro atoms. The van der Waals surface area contributed by atoms with Gasteiger partial charge in [0.25, 0.3) is 0 Å². The lowest BCUT2D eigenvalue weighted by Crippen LogP contribution is -2.40. The zero-order valence-corrected chi connectivity index (χ0v) is 18.7. The molecular formula is C25H30N2O2S. The van der Waals surface area contributed by atoms with Crippen LogP contribution in [0.5, 0.6) is 0 Å². The molecule has 0 aliphatic carbocycles. The molecule has 2 aromatic carbocycles. The highest BCUT2D eigenvalue weighted by molar-refractivity contribution is 7.92. The van der Waals surface area contributed by atoms with Crippen LogP contribution in [-0.2, 0) is 23.1 Å². The van der Waals surface area contributed by atoms with Crippen LogP contribution >= 0.6 is 0 Å². The van der Waals surface area contributed by atoms with Crippen molar-refractivity contribution < 1.29 is 8.42 Å². The first-order valence-electron chi connectivity index (χ1n) is 10.3. The van der Waals surface area contributed by atoms with Crippen molar-refractivity contribution in [3.63, 3.8) is 0 Å². The van der Waals surface area contributed by atoms with Gasteiger partial charge in [0, 0.05) is 29.9 Å². The topological polar surface area (TPSA) is 42.3 Å². The fourth-order valence-electron chi connectivity index (χ4n) is 3.29. The first-order chi connectivity index (χ1) is 14.4. The molecule has 1 heterocycles. The van der Waals surface area contributed by atoms with E-state index < -0.39 is 10.0 Å². The lowest BCUT2D eigenvalue weighted by atomic mass is 10.1. The average molecular weight is 423 g/mol. The fraction of sp³-hybridized carbons (Fsp3) is 0.280. The van der Waals surface area contributed by atoms with Crippen LogP contribution in [0.3, 0.4) is 0 Å². The first-order valence-corrected chi connectivity index (χ1v) is 11.8. The van der Waals surface area contributed by atoms with Gasteiger partial charge in [0.1, 0.15) is 0 Å². The Balaban J connectivity index is 1.87. The van der Waals surface area contributed by atoms with Crippen molar-refractivity contribution in [1.29, 1.82) is 0 Å². The minimum atomic E-state index is -3.59. The lowest BCUT2D eigenvalue weighted by Gasteiger charge is -2.30. The summed E-state index contributed by atoms with van der Waals surface area (Å²) in [5.41, 5.74) is 3.03. The lowest BCUT2D eigenvalue weighted by molar-refractivity contribution is 0.268. The highest BCUT2D eigenvalue weighted by Crippen LogP contribution is 2.21. The van der Waals surface area contributed by atoms with E-state index in [0.717, 1.165) is 11.3 Å². The Bertz CT molecular complexity index is 1050. The van der Waals surface area contributed by atoms with E-state index >= 15 is 0 Å². The van der Waals surface area contributed by atoms with Crippen molar-refractivity contribution in [3.05, 3.63) is 101 Å². The van der Waals surface area contributed by atoms with Gasteiger partial charge in [-0.2, -0.15) is 4.31 Å². The number of hydrogen-bond donors (Lipinski definition) is 0. The van der Waals surface area contributed by atoms with Gasteiger partial charge in [-0.15, -0.1) is 0 Å². The summed E-state index contributed by atoms with van der Waals surface area (Å²) >= 11 is 0. The number of aromatic nitrogens is 1. The Morgan fingerprint density at radius 1 is 0.900 bits per heavy atom. The molecule has 1 atom stereocenters. The Hall–Kier alpha value is -2.63. The molecule has 5 heteroatoms. The summed E-state index contributed by atoms with van der Waals surface area (Å²) in [7, 11) is -3.59. The van der Waals surface area contributed by atoms with Gasteiger partial charge >= 0.3 is 0 Å². The second-order valence-electron chi connectivity index (χ2n) is 7.90. The molecule has 158 valence electrons. The third kappa shape index (κ3) is 5.71. The normalized spacial score (nSPS) is 13.4. The number of benzene rings is 2. The molecule has 0 radical (unpaired) electrons. The summed E-state index contributed by atoms with van der Waals surface area (Å²) in [5.74, 6) is 0.197. The van der Waals surface area contributed by atoms with E-state index in [2.05, 4.69) is 30.5 Å². The second-order valence-corrected chi connectivity index (χ2v) is 9.67. The quantitative estimate of drug-likeness (QED) is 0.464. The summed E-state index contributed by atoms with van der Waals surface area (Å²) in [6.07, 6.45) is 3.67. The SMILES string of the molecule is CC(C)C(C)N(Cc1cccn1Cc1ccccc1)S(=O)(=O)C=Cc1ccccc1. The zero-order valence-electron chi connectivity index (χ0n) is 17.8. The minimum Gasteiger partial charge on any atom is -0.346 e. The molecule has 4 nitrogen and oxygen atoms in total. The van der Waals surface area contributed by atoms with Gasteiger partial charge in [-0.25, -0.2) is 8.42 Å². The van der Waals surface area contributed by atoms with Crippen molar-refractivity contribution in [1.82, 2.24) is 8.87 Å². The smallest absolute Gasteiger partial charge is 0.236 e. The van der Waals surface area contributed by atoms with Crippen LogP contribution in [0.2, 0.25) is 0 Å². The third-order valence-corrected chi connectivity index (χ3v) is 7.01. The van der Waals surface area contributed by atoms with Crippen molar-refractivity contribution in [2.45, 2.75) is 39.9 Å². The van der Waals surface area contributed by atoms with Crippen molar-refractivity contribution in [2.75, 3.05) is 0 Å². The van der Waals surface area contributed by atoms with E-state index in [0.29, 0.717) is 13.1 Å². The summed E-state index contributed by atoms with van der Waals surface area (Å²) in [6.45, 7) is 7.13. The predicted molar refractivity (Wildman–Crippen MR) is 124 cm³/mol. The molecule has 3 rings (SSSR count). The molecule has 0 saturated heterocycles. The Morgan fingerprint density at radius 2 is 1.53 bits per heavy atom. The standard InChI is InChI=1S/C25H30N2O2S/c1-21(2)22(3)27(30(28,29)18-16-23-11-6-4-7-12-23)20-25-15-10-17-26(25)19-24-13-8-5-9-14-24/h4-18,21-22H,19-20H2,1-3H3. The zero-order chi connectivity index (χ0) is 21.6. The second kappa shape index (κ2) is 9.92. The minimum absolute atomic E-state index is 0.129. The fourth-order valence-corrected chi connectivity index (χ4v) is 4.80. The maximum absolute atomic E-state index is 13.3. The summed E-state index contributed by atoms with van der Waals surface area (Å²) < 4.78 is 30.3. The third-order valence-electron chi connectivity index (χ3n) is 5.42. The van der Waals surface area contributed by atoms with Gasteiger partial charge in [-0.05, 0) is 42.2 Å². The predicted octanol–water partition coefficient (Wildman–Crippen LogP) is 5.38. The van der Waals surface area contributed by atoms with Crippen LogP contribution in [0.4, 0.5) is 0 Å². The van der Waals surface area contributed by atoms with Crippen LogP contribution in [0.15, 0.2) is 84.4 Å². The molecule has 0 saturated carbocycles. The molecule has 0 fully saturated rings. The van der Waals surface area contributed by atoms with Gasteiger partial charge in [0.2, 0.25) is 10.0 Å². The molecule has 0 aliphatic rings. The molecule has 3 aromatic rings.